The van der Waals surface area contributed by atoms with Crippen molar-refractivity contribution in [2.45, 2.75) is 13.0 Å². The van der Waals surface area contributed by atoms with Crippen LogP contribution in [0.2, 0.25) is 15.1 Å². The van der Waals surface area contributed by atoms with Gasteiger partial charge in [-0.3, -0.25) is 4.79 Å². The first-order valence-corrected chi connectivity index (χ1v) is 7.81. The number of anilines is 1. The van der Waals surface area contributed by atoms with E-state index >= 15 is 0 Å². The Balaban J connectivity index is 2.11. The van der Waals surface area contributed by atoms with Crippen molar-refractivity contribution in [1.82, 2.24) is 4.98 Å². The van der Waals surface area contributed by atoms with Crippen molar-refractivity contribution in [3.63, 3.8) is 0 Å². The molecule has 5 nitrogen and oxygen atoms in total. The summed E-state index contributed by atoms with van der Waals surface area (Å²) in [6.45, 7) is 1.21. The number of rotatable bonds is 4. The maximum Gasteiger partial charge on any atom is 0.359 e. The highest BCUT2D eigenvalue weighted by Gasteiger charge is 2.24. The summed E-state index contributed by atoms with van der Waals surface area (Å²) in [4.78, 5) is 27.7. The van der Waals surface area contributed by atoms with Gasteiger partial charge in [0.1, 0.15) is 17.3 Å². The van der Waals surface area contributed by atoms with Gasteiger partial charge in [0.2, 0.25) is 0 Å². The van der Waals surface area contributed by atoms with Gasteiger partial charge in [0.15, 0.2) is 11.8 Å². The van der Waals surface area contributed by atoms with Gasteiger partial charge in [-0.2, -0.15) is 0 Å². The third-order valence-electron chi connectivity index (χ3n) is 2.97. The predicted octanol–water partition coefficient (Wildman–Crippen LogP) is 4.50. The quantitative estimate of drug-likeness (QED) is 0.755. The van der Waals surface area contributed by atoms with Crippen LogP contribution in [-0.2, 0) is 9.53 Å². The van der Waals surface area contributed by atoms with E-state index in [0.29, 0.717) is 0 Å². The fourth-order valence-electron chi connectivity index (χ4n) is 1.70. The zero-order valence-electron chi connectivity index (χ0n) is 12.4. The maximum atomic E-state index is 13.5. The minimum absolute atomic E-state index is 0.0315. The van der Waals surface area contributed by atoms with Gasteiger partial charge < -0.3 is 10.1 Å². The molecule has 0 bridgehead atoms. The van der Waals surface area contributed by atoms with Gasteiger partial charge in [0.05, 0.1) is 15.1 Å². The second kappa shape index (κ2) is 7.95. The van der Waals surface area contributed by atoms with Crippen LogP contribution >= 0.6 is 34.8 Å². The SMILES string of the molecule is C[C@H](OC(=O)c1ncc(Cl)c(Cl)c1Cl)C(=O)Nc1c(F)cccc1F. The Bertz CT molecular complexity index is 829. The number of benzene rings is 1. The van der Waals surface area contributed by atoms with E-state index in [9.17, 15) is 18.4 Å². The summed E-state index contributed by atoms with van der Waals surface area (Å²) in [5, 5.41) is 1.69. The Morgan fingerprint density at radius 2 is 1.76 bits per heavy atom. The van der Waals surface area contributed by atoms with E-state index in [1.165, 1.54) is 6.92 Å². The highest BCUT2D eigenvalue weighted by atomic mass is 35.5. The monoisotopic (exact) mass is 408 g/mol. The molecule has 1 heterocycles. The van der Waals surface area contributed by atoms with Gasteiger partial charge >= 0.3 is 5.97 Å². The number of amides is 1. The first-order chi connectivity index (χ1) is 11.7. The van der Waals surface area contributed by atoms with E-state index < -0.39 is 35.3 Å². The van der Waals surface area contributed by atoms with Crippen LogP contribution in [0.1, 0.15) is 17.4 Å². The third kappa shape index (κ3) is 4.36. The molecule has 0 aliphatic heterocycles. The molecule has 132 valence electrons. The van der Waals surface area contributed by atoms with Gasteiger partial charge in [-0.15, -0.1) is 0 Å². The number of nitrogens with one attached hydrogen (secondary N) is 1. The zero-order valence-corrected chi connectivity index (χ0v) is 14.7. The van der Waals surface area contributed by atoms with Crippen molar-refractivity contribution < 1.29 is 23.1 Å². The molecule has 1 atom stereocenters. The number of hydrogen-bond donors (Lipinski definition) is 1. The summed E-state index contributed by atoms with van der Waals surface area (Å²) in [6.07, 6.45) is -0.301. The number of pyridine rings is 1. The molecule has 1 aromatic carbocycles. The molecule has 2 aromatic rings. The minimum atomic E-state index is -1.39. The Morgan fingerprint density at radius 1 is 1.16 bits per heavy atom. The lowest BCUT2D eigenvalue weighted by atomic mass is 10.2. The van der Waals surface area contributed by atoms with E-state index in [1.807, 2.05) is 5.32 Å². The number of para-hydroxylation sites is 1. The molecule has 0 spiro atoms. The first-order valence-electron chi connectivity index (χ1n) is 6.67. The molecule has 0 radical (unpaired) electrons. The molecule has 0 saturated carbocycles. The number of carbonyl (C=O) groups excluding carboxylic acids is 2. The van der Waals surface area contributed by atoms with Gasteiger partial charge in [-0.25, -0.2) is 18.6 Å². The Hall–Kier alpha value is -1.96. The van der Waals surface area contributed by atoms with Gasteiger partial charge in [0, 0.05) is 6.20 Å². The van der Waals surface area contributed by atoms with Gasteiger partial charge in [-0.1, -0.05) is 40.9 Å². The fraction of sp³-hybridized carbons (Fsp3) is 0.133. The van der Waals surface area contributed by atoms with Crippen LogP contribution < -0.4 is 5.32 Å². The van der Waals surface area contributed by atoms with E-state index in [0.717, 1.165) is 24.4 Å². The molecule has 10 heteroatoms. The van der Waals surface area contributed by atoms with E-state index in [1.54, 1.807) is 0 Å². The number of carbonyl (C=O) groups is 2. The Morgan fingerprint density at radius 3 is 2.36 bits per heavy atom. The second-order valence-corrected chi connectivity index (χ2v) is 5.88. The van der Waals surface area contributed by atoms with Crippen molar-refractivity contribution in [3.8, 4) is 0 Å². The summed E-state index contributed by atoms with van der Waals surface area (Å²) >= 11 is 17.3. The van der Waals surface area contributed by atoms with Crippen molar-refractivity contribution >= 4 is 52.4 Å². The minimum Gasteiger partial charge on any atom is -0.448 e. The van der Waals surface area contributed by atoms with Gasteiger partial charge in [0.25, 0.3) is 5.91 Å². The summed E-state index contributed by atoms with van der Waals surface area (Å²) < 4.78 is 31.9. The van der Waals surface area contributed by atoms with Crippen molar-refractivity contribution in [1.29, 1.82) is 0 Å². The lowest BCUT2D eigenvalue weighted by Crippen LogP contribution is -2.31. The summed E-state index contributed by atoms with van der Waals surface area (Å²) in [6, 6.07) is 3.07. The molecular weight excluding hydrogens is 401 g/mol. The molecule has 1 aromatic heterocycles. The van der Waals surface area contributed by atoms with Crippen LogP contribution in [0, 0.1) is 11.6 Å². The molecule has 0 aliphatic carbocycles. The zero-order chi connectivity index (χ0) is 18.7. The maximum absolute atomic E-state index is 13.5. The van der Waals surface area contributed by atoms with E-state index in [-0.39, 0.29) is 20.8 Å². The normalized spacial score (nSPS) is 11.8. The average molecular weight is 410 g/mol. The van der Waals surface area contributed by atoms with Crippen LogP contribution in [0.4, 0.5) is 14.5 Å². The van der Waals surface area contributed by atoms with Crippen LogP contribution in [0.5, 0.6) is 0 Å². The van der Waals surface area contributed by atoms with Crippen LogP contribution in [0.25, 0.3) is 0 Å². The average Bonchev–Trinajstić information content (AvgIpc) is 2.55. The molecule has 25 heavy (non-hydrogen) atoms. The number of halogens is 5. The van der Waals surface area contributed by atoms with Crippen LogP contribution in [0.3, 0.4) is 0 Å². The lowest BCUT2D eigenvalue weighted by molar-refractivity contribution is -0.123. The molecule has 1 amide bonds. The first kappa shape index (κ1) is 19.4. The third-order valence-corrected chi connectivity index (χ3v) is 4.22. The molecule has 2 rings (SSSR count). The highest BCUT2D eigenvalue weighted by molar-refractivity contribution is 6.48. The smallest absolute Gasteiger partial charge is 0.359 e. The molecule has 0 aliphatic rings. The highest BCUT2D eigenvalue weighted by Crippen LogP contribution is 2.31. The molecule has 0 unspecified atom stereocenters. The summed E-state index contributed by atoms with van der Waals surface area (Å²) in [7, 11) is 0. The fourth-order valence-corrected chi connectivity index (χ4v) is 2.26. The molecular formula is C15H9Cl3F2N2O3. The van der Waals surface area contributed by atoms with Gasteiger partial charge in [-0.05, 0) is 19.1 Å². The standard InChI is InChI=1S/C15H9Cl3F2N2O3/c1-6(14(23)22-12-8(19)3-2-4-9(12)20)25-15(24)13-11(18)10(17)7(16)5-21-13/h2-6H,1H3,(H,22,23)/t6-/m0/s1. The number of ether oxygens (including phenoxy) is 1. The van der Waals surface area contributed by atoms with Crippen molar-refractivity contribution in [3.05, 3.63) is 56.8 Å². The molecule has 0 saturated heterocycles. The van der Waals surface area contributed by atoms with Crippen molar-refractivity contribution in [2.75, 3.05) is 5.32 Å². The second-order valence-electron chi connectivity index (χ2n) is 4.72. The Kier molecular flexibility index (Phi) is 6.16. The number of hydrogen-bond acceptors (Lipinski definition) is 4. The Labute approximate surface area is 155 Å². The largest absolute Gasteiger partial charge is 0.448 e. The topological polar surface area (TPSA) is 68.3 Å². The predicted molar refractivity (Wildman–Crippen MR) is 89.1 cm³/mol. The lowest BCUT2D eigenvalue weighted by Gasteiger charge is -2.14. The molecule has 1 N–H and O–H groups in total. The van der Waals surface area contributed by atoms with Crippen LogP contribution in [-0.4, -0.2) is 23.0 Å². The summed E-state index contributed by atoms with van der Waals surface area (Å²) in [5.74, 6) is -3.95. The number of esters is 1. The van der Waals surface area contributed by atoms with Crippen LogP contribution in [0.15, 0.2) is 24.4 Å². The molecule has 0 fully saturated rings. The van der Waals surface area contributed by atoms with E-state index in [4.69, 9.17) is 39.5 Å². The van der Waals surface area contributed by atoms with E-state index in [2.05, 4.69) is 4.98 Å². The number of nitrogens with zero attached hydrogens (tertiary/aromatic N) is 1. The van der Waals surface area contributed by atoms with Crippen molar-refractivity contribution in [2.24, 2.45) is 0 Å². The number of aromatic nitrogens is 1. The summed E-state index contributed by atoms with van der Waals surface area (Å²) in [5.41, 5.74) is -1.01.